The average Bonchev–Trinajstić information content (AvgIpc) is 3.15. The van der Waals surface area contributed by atoms with Crippen LogP contribution in [0.25, 0.3) is 0 Å². The molecule has 24 heavy (non-hydrogen) atoms. The molecule has 0 radical (unpaired) electrons. The molecule has 6 heteroatoms. The summed E-state index contributed by atoms with van der Waals surface area (Å²) in [6, 6.07) is 6.62. The van der Waals surface area contributed by atoms with Gasteiger partial charge in [-0.15, -0.1) is 0 Å². The fourth-order valence-corrected chi connectivity index (χ4v) is 2.89. The Morgan fingerprint density at radius 3 is 2.62 bits per heavy atom. The minimum atomic E-state index is -0.564. The first kappa shape index (κ1) is 16.1. The number of nitrogens with zero attached hydrogens (tertiary/aromatic N) is 1. The molecule has 1 aliphatic heterocycles. The molecule has 0 unspecified atom stereocenters. The SMILES string of the molecule is CCn1c(C)cc(C(=O)COC(=O)c2ccc3c(c2)OCO3)c1C. The molecule has 0 saturated carbocycles. The van der Waals surface area contributed by atoms with E-state index in [2.05, 4.69) is 0 Å². The molecule has 2 heterocycles. The fourth-order valence-electron chi connectivity index (χ4n) is 2.89. The van der Waals surface area contributed by atoms with Crippen LogP contribution in [-0.4, -0.2) is 29.7 Å². The molecule has 2 aromatic rings. The zero-order valence-corrected chi connectivity index (χ0v) is 13.9. The highest BCUT2D eigenvalue weighted by molar-refractivity contribution is 6.00. The van der Waals surface area contributed by atoms with Crippen LogP contribution in [-0.2, 0) is 11.3 Å². The maximum absolute atomic E-state index is 12.3. The molecule has 1 aromatic carbocycles. The smallest absolute Gasteiger partial charge is 0.338 e. The van der Waals surface area contributed by atoms with E-state index in [-0.39, 0.29) is 19.2 Å². The third kappa shape index (κ3) is 2.87. The summed E-state index contributed by atoms with van der Waals surface area (Å²) in [5.41, 5.74) is 2.82. The van der Waals surface area contributed by atoms with E-state index in [9.17, 15) is 9.59 Å². The van der Waals surface area contributed by atoms with Crippen LogP contribution in [0.2, 0.25) is 0 Å². The largest absolute Gasteiger partial charge is 0.454 e. The second-order valence-corrected chi connectivity index (χ2v) is 5.60. The van der Waals surface area contributed by atoms with E-state index in [1.165, 1.54) is 0 Å². The summed E-state index contributed by atoms with van der Waals surface area (Å²) in [5, 5.41) is 0. The Labute approximate surface area is 139 Å². The summed E-state index contributed by atoms with van der Waals surface area (Å²) in [5.74, 6) is 0.319. The number of ether oxygens (including phenoxy) is 3. The molecule has 0 fully saturated rings. The van der Waals surface area contributed by atoms with Crippen LogP contribution < -0.4 is 9.47 Å². The lowest BCUT2D eigenvalue weighted by atomic mass is 10.1. The van der Waals surface area contributed by atoms with Gasteiger partial charge in [-0.2, -0.15) is 0 Å². The Bertz CT molecular complexity index is 806. The van der Waals surface area contributed by atoms with Gasteiger partial charge < -0.3 is 18.8 Å². The summed E-state index contributed by atoms with van der Waals surface area (Å²) >= 11 is 0. The van der Waals surface area contributed by atoms with Crippen molar-refractivity contribution in [2.24, 2.45) is 0 Å². The van der Waals surface area contributed by atoms with E-state index in [4.69, 9.17) is 14.2 Å². The average molecular weight is 329 g/mol. The van der Waals surface area contributed by atoms with Crippen molar-refractivity contribution >= 4 is 11.8 Å². The van der Waals surface area contributed by atoms with Crippen LogP contribution in [0.1, 0.15) is 39.0 Å². The first-order valence-corrected chi connectivity index (χ1v) is 7.78. The monoisotopic (exact) mass is 329 g/mol. The summed E-state index contributed by atoms with van der Waals surface area (Å²) in [6.07, 6.45) is 0. The highest BCUT2D eigenvalue weighted by Gasteiger charge is 2.19. The Morgan fingerprint density at radius 2 is 1.92 bits per heavy atom. The van der Waals surface area contributed by atoms with E-state index < -0.39 is 5.97 Å². The highest BCUT2D eigenvalue weighted by Crippen LogP contribution is 2.32. The van der Waals surface area contributed by atoms with Crippen molar-refractivity contribution in [1.29, 1.82) is 0 Å². The van der Waals surface area contributed by atoms with Gasteiger partial charge in [-0.25, -0.2) is 4.79 Å². The third-order valence-electron chi connectivity index (χ3n) is 4.13. The number of rotatable bonds is 5. The minimum absolute atomic E-state index is 0.138. The Balaban J connectivity index is 1.67. The topological polar surface area (TPSA) is 66.8 Å². The molecule has 0 amide bonds. The first-order valence-electron chi connectivity index (χ1n) is 7.78. The number of carbonyl (C=O) groups excluding carboxylic acids is 2. The number of hydrogen-bond donors (Lipinski definition) is 0. The second kappa shape index (κ2) is 6.39. The molecule has 0 spiro atoms. The van der Waals surface area contributed by atoms with Crippen molar-refractivity contribution in [3.05, 3.63) is 46.8 Å². The Hall–Kier alpha value is -2.76. The summed E-state index contributed by atoms with van der Waals surface area (Å²) < 4.78 is 17.6. The van der Waals surface area contributed by atoms with Gasteiger partial charge in [-0.05, 0) is 45.0 Å². The molecule has 1 aromatic heterocycles. The van der Waals surface area contributed by atoms with Crippen LogP contribution >= 0.6 is 0 Å². The van der Waals surface area contributed by atoms with Crippen LogP contribution in [0.4, 0.5) is 0 Å². The first-order chi connectivity index (χ1) is 11.5. The van der Waals surface area contributed by atoms with Gasteiger partial charge in [0.05, 0.1) is 5.56 Å². The third-order valence-corrected chi connectivity index (χ3v) is 4.13. The van der Waals surface area contributed by atoms with E-state index in [0.29, 0.717) is 22.6 Å². The predicted molar refractivity (Wildman–Crippen MR) is 86.8 cm³/mol. The number of esters is 1. The maximum Gasteiger partial charge on any atom is 0.338 e. The van der Waals surface area contributed by atoms with E-state index in [1.54, 1.807) is 18.2 Å². The number of hydrogen-bond acceptors (Lipinski definition) is 5. The summed E-state index contributed by atoms with van der Waals surface area (Å²) in [7, 11) is 0. The van der Waals surface area contributed by atoms with Gasteiger partial charge in [0.15, 0.2) is 18.1 Å². The van der Waals surface area contributed by atoms with Gasteiger partial charge in [-0.3, -0.25) is 4.79 Å². The molecular weight excluding hydrogens is 310 g/mol. The van der Waals surface area contributed by atoms with Gasteiger partial charge in [0.2, 0.25) is 12.6 Å². The van der Waals surface area contributed by atoms with E-state index in [0.717, 1.165) is 17.9 Å². The second-order valence-electron chi connectivity index (χ2n) is 5.60. The van der Waals surface area contributed by atoms with E-state index >= 15 is 0 Å². The Morgan fingerprint density at radius 1 is 1.17 bits per heavy atom. The quantitative estimate of drug-likeness (QED) is 0.623. The van der Waals surface area contributed by atoms with E-state index in [1.807, 2.05) is 31.4 Å². The van der Waals surface area contributed by atoms with Crippen LogP contribution in [0.3, 0.4) is 0 Å². The van der Waals surface area contributed by atoms with Crippen molar-refractivity contribution in [2.75, 3.05) is 13.4 Å². The fraction of sp³-hybridized carbons (Fsp3) is 0.333. The minimum Gasteiger partial charge on any atom is -0.454 e. The number of Topliss-reactive ketones (excluding diaryl/α,β-unsaturated/α-hetero) is 1. The number of benzene rings is 1. The molecule has 126 valence electrons. The van der Waals surface area contributed by atoms with Gasteiger partial charge >= 0.3 is 5.97 Å². The van der Waals surface area contributed by atoms with Gasteiger partial charge in [-0.1, -0.05) is 0 Å². The molecule has 1 aliphatic rings. The van der Waals surface area contributed by atoms with Crippen LogP contribution in [0.15, 0.2) is 24.3 Å². The van der Waals surface area contributed by atoms with Gasteiger partial charge in [0.1, 0.15) is 0 Å². The lowest BCUT2D eigenvalue weighted by Crippen LogP contribution is -2.15. The molecular formula is C18H19NO5. The lowest BCUT2D eigenvalue weighted by molar-refractivity contribution is 0.0474. The molecule has 6 nitrogen and oxygen atoms in total. The molecule has 0 aliphatic carbocycles. The summed E-state index contributed by atoms with van der Waals surface area (Å²) in [6.45, 7) is 6.51. The molecule has 0 bridgehead atoms. The number of carbonyl (C=O) groups is 2. The number of fused-ring (bicyclic) bond motifs is 1. The van der Waals surface area contributed by atoms with Gasteiger partial charge in [0.25, 0.3) is 0 Å². The van der Waals surface area contributed by atoms with Crippen molar-refractivity contribution in [1.82, 2.24) is 4.57 Å². The highest BCUT2D eigenvalue weighted by atomic mass is 16.7. The van der Waals surface area contributed by atoms with Crippen molar-refractivity contribution < 1.29 is 23.8 Å². The zero-order valence-electron chi connectivity index (χ0n) is 13.9. The molecule has 0 saturated heterocycles. The normalized spacial score (nSPS) is 12.3. The van der Waals surface area contributed by atoms with Crippen molar-refractivity contribution in [3.63, 3.8) is 0 Å². The van der Waals surface area contributed by atoms with Crippen molar-refractivity contribution in [2.45, 2.75) is 27.3 Å². The zero-order chi connectivity index (χ0) is 17.3. The number of aryl methyl sites for hydroxylation is 1. The number of ketones is 1. The summed E-state index contributed by atoms with van der Waals surface area (Å²) in [4.78, 5) is 24.5. The molecule has 3 rings (SSSR count). The predicted octanol–water partition coefficient (Wildman–Crippen LogP) is 2.89. The maximum atomic E-state index is 12.3. The van der Waals surface area contributed by atoms with Crippen LogP contribution in [0, 0.1) is 13.8 Å². The van der Waals surface area contributed by atoms with Gasteiger partial charge in [0, 0.05) is 23.5 Å². The standard InChI is InChI=1S/C18H19NO5/c1-4-19-11(2)7-14(12(19)3)15(20)9-22-18(21)13-5-6-16-17(8-13)24-10-23-16/h5-8H,4,9-10H2,1-3H3. The van der Waals surface area contributed by atoms with Crippen molar-refractivity contribution in [3.8, 4) is 11.5 Å². The lowest BCUT2D eigenvalue weighted by Gasteiger charge is -2.07. The number of aromatic nitrogens is 1. The molecule has 0 N–H and O–H groups in total. The Kier molecular flexibility index (Phi) is 4.29. The molecule has 0 atom stereocenters. The van der Waals surface area contributed by atoms with Crippen LogP contribution in [0.5, 0.6) is 11.5 Å².